The van der Waals surface area contributed by atoms with Crippen molar-refractivity contribution in [3.05, 3.63) is 0 Å². The molecule has 0 amide bonds. The van der Waals surface area contributed by atoms with E-state index in [-0.39, 0.29) is 12.7 Å². The summed E-state index contributed by atoms with van der Waals surface area (Å²) >= 11 is 0. The van der Waals surface area contributed by atoms with Crippen molar-refractivity contribution in [1.82, 2.24) is 5.32 Å². The summed E-state index contributed by atoms with van der Waals surface area (Å²) in [7, 11) is 0. The molecule has 0 aromatic carbocycles. The van der Waals surface area contributed by atoms with E-state index in [1.807, 2.05) is 0 Å². The van der Waals surface area contributed by atoms with Crippen molar-refractivity contribution in [2.75, 3.05) is 26.4 Å². The maximum Gasteiger partial charge on any atom is 0.0697 e. The summed E-state index contributed by atoms with van der Waals surface area (Å²) < 4.78 is 5.16. The second kappa shape index (κ2) is 8.05. The maximum atomic E-state index is 9.32. The smallest absolute Gasteiger partial charge is 0.0697 e. The van der Waals surface area contributed by atoms with E-state index in [0.717, 1.165) is 38.6 Å². The first kappa shape index (κ1) is 12.9. The van der Waals surface area contributed by atoms with Crippen LogP contribution in [-0.2, 0) is 4.74 Å². The highest BCUT2D eigenvalue weighted by Gasteiger charge is 2.18. The number of aliphatic hydroxyl groups is 2. The highest BCUT2D eigenvalue weighted by Crippen LogP contribution is 2.17. The third-order valence-corrected chi connectivity index (χ3v) is 2.83. The van der Waals surface area contributed by atoms with Crippen LogP contribution in [0.25, 0.3) is 0 Å². The summed E-state index contributed by atoms with van der Waals surface area (Å²) in [4.78, 5) is 0. The van der Waals surface area contributed by atoms with Gasteiger partial charge in [-0.1, -0.05) is 0 Å². The normalized spacial score (nSPS) is 26.8. The zero-order chi connectivity index (χ0) is 10.9. The van der Waals surface area contributed by atoms with Gasteiger partial charge in [0.25, 0.3) is 0 Å². The van der Waals surface area contributed by atoms with Crippen LogP contribution < -0.4 is 5.32 Å². The Kier molecular flexibility index (Phi) is 6.92. The highest BCUT2D eigenvalue weighted by molar-refractivity contribution is 4.76. The summed E-state index contributed by atoms with van der Waals surface area (Å²) in [6.45, 7) is 2.22. The number of nitrogens with one attached hydrogen (secondary N) is 1. The van der Waals surface area contributed by atoms with Gasteiger partial charge in [0.15, 0.2) is 0 Å². The van der Waals surface area contributed by atoms with Gasteiger partial charge in [-0.3, -0.25) is 0 Å². The Bertz CT molecular complexity index is 147. The van der Waals surface area contributed by atoms with Crippen molar-refractivity contribution in [3.8, 4) is 0 Å². The van der Waals surface area contributed by atoms with Crippen LogP contribution in [0.15, 0.2) is 0 Å². The van der Waals surface area contributed by atoms with E-state index in [4.69, 9.17) is 9.84 Å². The van der Waals surface area contributed by atoms with E-state index in [9.17, 15) is 5.11 Å². The fourth-order valence-electron chi connectivity index (χ4n) is 1.93. The fourth-order valence-corrected chi connectivity index (χ4v) is 1.93. The first-order valence-electron chi connectivity index (χ1n) is 5.93. The summed E-state index contributed by atoms with van der Waals surface area (Å²) in [5.74, 6) is 0. The molecule has 1 aliphatic rings. The van der Waals surface area contributed by atoms with Crippen molar-refractivity contribution < 1.29 is 14.9 Å². The Hall–Kier alpha value is -0.160. The van der Waals surface area contributed by atoms with Crippen LogP contribution in [0.5, 0.6) is 0 Å². The molecular formula is C11H23NO3. The Morgan fingerprint density at radius 2 is 1.87 bits per heavy atom. The molecule has 1 saturated carbocycles. The van der Waals surface area contributed by atoms with E-state index in [1.165, 1.54) is 0 Å². The molecule has 0 bridgehead atoms. The van der Waals surface area contributed by atoms with E-state index >= 15 is 0 Å². The molecule has 4 heteroatoms. The van der Waals surface area contributed by atoms with Crippen LogP contribution in [0.2, 0.25) is 0 Å². The SMILES string of the molecule is OCCOCCCNC1CCC(O)CC1. The molecule has 0 spiro atoms. The van der Waals surface area contributed by atoms with E-state index in [2.05, 4.69) is 5.32 Å². The van der Waals surface area contributed by atoms with Crippen LogP contribution in [-0.4, -0.2) is 48.7 Å². The number of hydrogen-bond donors (Lipinski definition) is 3. The molecular weight excluding hydrogens is 194 g/mol. The zero-order valence-corrected chi connectivity index (χ0v) is 9.32. The molecule has 1 rings (SSSR count). The number of ether oxygens (including phenoxy) is 1. The lowest BCUT2D eigenvalue weighted by molar-refractivity contribution is 0.0885. The predicted molar refractivity (Wildman–Crippen MR) is 58.8 cm³/mol. The molecule has 0 aromatic heterocycles. The summed E-state index contributed by atoms with van der Waals surface area (Å²) in [5.41, 5.74) is 0. The van der Waals surface area contributed by atoms with E-state index in [1.54, 1.807) is 0 Å². The van der Waals surface area contributed by atoms with Crippen LogP contribution in [0.4, 0.5) is 0 Å². The van der Waals surface area contributed by atoms with E-state index in [0.29, 0.717) is 19.3 Å². The van der Waals surface area contributed by atoms with Gasteiger partial charge in [-0.05, 0) is 38.6 Å². The number of hydrogen-bond acceptors (Lipinski definition) is 4. The lowest BCUT2D eigenvalue weighted by Crippen LogP contribution is -2.35. The van der Waals surface area contributed by atoms with Crippen molar-refractivity contribution >= 4 is 0 Å². The Balaban J connectivity index is 1.87. The minimum atomic E-state index is -0.0732. The number of aliphatic hydroxyl groups excluding tert-OH is 2. The molecule has 0 aromatic rings. The minimum absolute atomic E-state index is 0.0732. The van der Waals surface area contributed by atoms with Gasteiger partial charge in [0.1, 0.15) is 0 Å². The molecule has 0 atom stereocenters. The monoisotopic (exact) mass is 217 g/mol. The quantitative estimate of drug-likeness (QED) is 0.536. The molecule has 0 unspecified atom stereocenters. The molecule has 4 nitrogen and oxygen atoms in total. The molecule has 0 heterocycles. The average Bonchev–Trinajstić information content (AvgIpc) is 2.26. The lowest BCUT2D eigenvalue weighted by Gasteiger charge is -2.26. The van der Waals surface area contributed by atoms with Gasteiger partial charge in [-0.2, -0.15) is 0 Å². The van der Waals surface area contributed by atoms with Gasteiger partial charge >= 0.3 is 0 Å². The molecule has 0 radical (unpaired) electrons. The predicted octanol–water partition coefficient (Wildman–Crippen LogP) is 0.278. The van der Waals surface area contributed by atoms with Crippen LogP contribution in [0.1, 0.15) is 32.1 Å². The highest BCUT2D eigenvalue weighted by atomic mass is 16.5. The number of rotatable bonds is 7. The topological polar surface area (TPSA) is 61.7 Å². The average molecular weight is 217 g/mol. The van der Waals surface area contributed by atoms with Gasteiger partial charge in [0, 0.05) is 12.6 Å². The van der Waals surface area contributed by atoms with Crippen LogP contribution in [0, 0.1) is 0 Å². The molecule has 3 N–H and O–H groups in total. The first-order chi connectivity index (χ1) is 7.33. The second-order valence-electron chi connectivity index (χ2n) is 4.15. The second-order valence-corrected chi connectivity index (χ2v) is 4.15. The Morgan fingerprint density at radius 3 is 2.53 bits per heavy atom. The molecule has 90 valence electrons. The minimum Gasteiger partial charge on any atom is -0.394 e. The summed E-state index contributed by atoms with van der Waals surface area (Å²) in [5, 5.41) is 21.3. The van der Waals surface area contributed by atoms with Gasteiger partial charge in [0.05, 0.1) is 19.3 Å². The van der Waals surface area contributed by atoms with Crippen LogP contribution in [0.3, 0.4) is 0 Å². The zero-order valence-electron chi connectivity index (χ0n) is 9.32. The maximum absolute atomic E-state index is 9.32. The molecule has 0 saturated heterocycles. The molecule has 1 aliphatic carbocycles. The third kappa shape index (κ3) is 6.10. The molecule has 1 fully saturated rings. The van der Waals surface area contributed by atoms with Gasteiger partial charge < -0.3 is 20.3 Å². The van der Waals surface area contributed by atoms with Crippen molar-refractivity contribution in [2.24, 2.45) is 0 Å². The summed E-state index contributed by atoms with van der Waals surface area (Å²) in [6.07, 6.45) is 4.93. The van der Waals surface area contributed by atoms with Crippen molar-refractivity contribution in [2.45, 2.75) is 44.2 Å². The Labute approximate surface area is 91.6 Å². The largest absolute Gasteiger partial charge is 0.394 e. The van der Waals surface area contributed by atoms with Crippen molar-refractivity contribution in [1.29, 1.82) is 0 Å². The standard InChI is InChI=1S/C11H23NO3/c13-7-9-15-8-1-6-12-10-2-4-11(14)5-3-10/h10-14H,1-9H2. The first-order valence-corrected chi connectivity index (χ1v) is 5.93. The van der Waals surface area contributed by atoms with Gasteiger partial charge in [0.2, 0.25) is 0 Å². The lowest BCUT2D eigenvalue weighted by atomic mass is 9.93. The van der Waals surface area contributed by atoms with Crippen LogP contribution >= 0.6 is 0 Å². The van der Waals surface area contributed by atoms with E-state index < -0.39 is 0 Å². The molecule has 0 aliphatic heterocycles. The summed E-state index contributed by atoms with van der Waals surface area (Å²) in [6, 6.07) is 0.575. The van der Waals surface area contributed by atoms with Gasteiger partial charge in [-0.25, -0.2) is 0 Å². The van der Waals surface area contributed by atoms with Crippen molar-refractivity contribution in [3.63, 3.8) is 0 Å². The fraction of sp³-hybridized carbons (Fsp3) is 1.00. The Morgan fingerprint density at radius 1 is 1.13 bits per heavy atom. The van der Waals surface area contributed by atoms with Gasteiger partial charge in [-0.15, -0.1) is 0 Å². The third-order valence-electron chi connectivity index (χ3n) is 2.83. The molecule has 15 heavy (non-hydrogen) atoms.